The van der Waals surface area contributed by atoms with Crippen LogP contribution in [0, 0.1) is 0 Å². The van der Waals surface area contributed by atoms with Gasteiger partial charge < -0.3 is 10.1 Å². The first kappa shape index (κ1) is 15.7. The van der Waals surface area contributed by atoms with Crippen LogP contribution in [0.25, 0.3) is 10.9 Å². The van der Waals surface area contributed by atoms with Crippen LogP contribution in [-0.2, 0) is 16.1 Å². The zero-order valence-electron chi connectivity index (χ0n) is 12.8. The molecular weight excluding hydrogens is 318 g/mol. The molecular formula is C16H16ClN3O3. The lowest BCUT2D eigenvalue weighted by Gasteiger charge is -2.20. The van der Waals surface area contributed by atoms with Crippen molar-refractivity contribution in [1.82, 2.24) is 15.2 Å². The fraction of sp³-hybridized carbons (Fsp3) is 0.312. The summed E-state index contributed by atoms with van der Waals surface area (Å²) in [7, 11) is 1.49. The maximum absolute atomic E-state index is 12.6. The number of amides is 3. The highest BCUT2D eigenvalue weighted by Gasteiger charge is 2.47. The standard InChI is InChI=1S/C16H16ClN3O3/c1-16(9-23-2)14(21)20(15(22)19-16)8-10-5-6-12(17)11-4-3-7-18-13(10)11/h3-7H,8-9H2,1-2H3,(H,19,22). The van der Waals surface area contributed by atoms with E-state index in [0.29, 0.717) is 10.5 Å². The van der Waals surface area contributed by atoms with Crippen LogP contribution in [-0.4, -0.2) is 41.1 Å². The summed E-state index contributed by atoms with van der Waals surface area (Å²) in [6.07, 6.45) is 1.66. The van der Waals surface area contributed by atoms with Crippen molar-refractivity contribution >= 4 is 34.4 Å². The summed E-state index contributed by atoms with van der Waals surface area (Å²) in [4.78, 5) is 30.2. The highest BCUT2D eigenvalue weighted by atomic mass is 35.5. The first-order chi connectivity index (χ1) is 11.0. The van der Waals surface area contributed by atoms with Gasteiger partial charge >= 0.3 is 6.03 Å². The molecule has 1 aromatic carbocycles. The van der Waals surface area contributed by atoms with Gasteiger partial charge in [-0.05, 0) is 30.7 Å². The molecule has 1 aromatic heterocycles. The molecule has 0 saturated carbocycles. The van der Waals surface area contributed by atoms with Crippen molar-refractivity contribution in [3.05, 3.63) is 41.0 Å². The minimum absolute atomic E-state index is 0.119. The van der Waals surface area contributed by atoms with Crippen molar-refractivity contribution in [2.45, 2.75) is 19.0 Å². The van der Waals surface area contributed by atoms with Gasteiger partial charge in [0, 0.05) is 23.7 Å². The number of hydrogen-bond acceptors (Lipinski definition) is 4. The number of nitrogens with one attached hydrogen (secondary N) is 1. The Balaban J connectivity index is 1.95. The van der Waals surface area contributed by atoms with E-state index in [4.69, 9.17) is 16.3 Å². The summed E-state index contributed by atoms with van der Waals surface area (Å²) in [6.45, 7) is 1.90. The fourth-order valence-corrected chi connectivity index (χ4v) is 2.99. The quantitative estimate of drug-likeness (QED) is 0.872. The van der Waals surface area contributed by atoms with E-state index >= 15 is 0 Å². The third kappa shape index (κ3) is 2.64. The zero-order valence-corrected chi connectivity index (χ0v) is 13.6. The van der Waals surface area contributed by atoms with E-state index in [-0.39, 0.29) is 19.1 Å². The number of halogens is 1. The number of benzene rings is 1. The first-order valence-corrected chi connectivity index (χ1v) is 7.49. The Hall–Kier alpha value is -2.18. The smallest absolute Gasteiger partial charge is 0.325 e. The molecule has 0 spiro atoms. The lowest BCUT2D eigenvalue weighted by molar-refractivity contribution is -0.132. The van der Waals surface area contributed by atoms with Crippen LogP contribution >= 0.6 is 11.6 Å². The van der Waals surface area contributed by atoms with Gasteiger partial charge in [-0.2, -0.15) is 0 Å². The highest BCUT2D eigenvalue weighted by molar-refractivity contribution is 6.35. The van der Waals surface area contributed by atoms with Crippen LogP contribution in [0.2, 0.25) is 5.02 Å². The lowest BCUT2D eigenvalue weighted by atomic mass is 10.0. The Morgan fingerprint density at radius 2 is 2.13 bits per heavy atom. The van der Waals surface area contributed by atoms with Crippen LogP contribution in [0.3, 0.4) is 0 Å². The first-order valence-electron chi connectivity index (χ1n) is 7.11. The molecule has 2 aromatic rings. The van der Waals surface area contributed by atoms with Crippen molar-refractivity contribution < 1.29 is 14.3 Å². The van der Waals surface area contributed by atoms with Crippen LogP contribution in [0.15, 0.2) is 30.5 Å². The Kier molecular flexibility index (Phi) is 3.95. The summed E-state index contributed by atoms with van der Waals surface area (Å²) in [6, 6.07) is 6.74. The number of carbonyl (C=O) groups is 2. The minimum atomic E-state index is -1.04. The van der Waals surface area contributed by atoms with Gasteiger partial charge in [0.05, 0.1) is 18.7 Å². The number of ether oxygens (including phenoxy) is 1. The van der Waals surface area contributed by atoms with Gasteiger partial charge in [0.1, 0.15) is 5.54 Å². The van der Waals surface area contributed by atoms with Gasteiger partial charge in [0.2, 0.25) is 0 Å². The molecule has 120 valence electrons. The maximum atomic E-state index is 12.6. The van der Waals surface area contributed by atoms with Crippen LogP contribution < -0.4 is 5.32 Å². The van der Waals surface area contributed by atoms with E-state index in [1.807, 2.05) is 6.07 Å². The van der Waals surface area contributed by atoms with Gasteiger partial charge in [-0.1, -0.05) is 17.7 Å². The van der Waals surface area contributed by atoms with E-state index in [2.05, 4.69) is 10.3 Å². The predicted molar refractivity (Wildman–Crippen MR) is 86.1 cm³/mol. The number of carbonyl (C=O) groups excluding carboxylic acids is 2. The van der Waals surface area contributed by atoms with Gasteiger partial charge in [-0.25, -0.2) is 4.79 Å². The zero-order chi connectivity index (χ0) is 16.6. The fourth-order valence-electron chi connectivity index (χ4n) is 2.77. The van der Waals surface area contributed by atoms with Crippen molar-refractivity contribution in [2.24, 2.45) is 0 Å². The Labute approximate surface area is 138 Å². The molecule has 1 unspecified atom stereocenters. The molecule has 23 heavy (non-hydrogen) atoms. The number of aromatic nitrogens is 1. The molecule has 1 aliphatic heterocycles. The van der Waals surface area contributed by atoms with E-state index < -0.39 is 11.6 Å². The molecule has 0 radical (unpaired) electrons. The number of rotatable bonds is 4. The van der Waals surface area contributed by atoms with Gasteiger partial charge in [0.15, 0.2) is 0 Å². The largest absolute Gasteiger partial charge is 0.382 e. The Morgan fingerprint density at radius 3 is 2.87 bits per heavy atom. The topological polar surface area (TPSA) is 71.5 Å². The average Bonchev–Trinajstić information content (AvgIpc) is 2.73. The molecule has 2 heterocycles. The second kappa shape index (κ2) is 5.79. The van der Waals surface area contributed by atoms with Crippen molar-refractivity contribution in [3.63, 3.8) is 0 Å². The summed E-state index contributed by atoms with van der Waals surface area (Å²) in [5.41, 5.74) is 0.401. The minimum Gasteiger partial charge on any atom is -0.382 e. The summed E-state index contributed by atoms with van der Waals surface area (Å²) in [5, 5.41) is 4.05. The molecule has 1 fully saturated rings. The van der Waals surface area contributed by atoms with Gasteiger partial charge in [-0.3, -0.25) is 14.7 Å². The molecule has 1 aliphatic rings. The molecule has 1 N–H and O–H groups in total. The number of pyridine rings is 1. The monoisotopic (exact) mass is 333 g/mol. The molecule has 3 amide bonds. The number of hydrogen-bond donors (Lipinski definition) is 1. The van der Waals surface area contributed by atoms with E-state index in [1.54, 1.807) is 31.3 Å². The molecule has 1 atom stereocenters. The number of imide groups is 1. The van der Waals surface area contributed by atoms with Crippen LogP contribution in [0.5, 0.6) is 0 Å². The maximum Gasteiger partial charge on any atom is 0.325 e. The molecule has 3 rings (SSSR count). The predicted octanol–water partition coefficient (Wildman–Crippen LogP) is 2.35. The van der Waals surface area contributed by atoms with E-state index in [1.165, 1.54) is 12.0 Å². The molecule has 6 nitrogen and oxygen atoms in total. The van der Waals surface area contributed by atoms with Crippen molar-refractivity contribution in [3.8, 4) is 0 Å². The van der Waals surface area contributed by atoms with E-state index in [0.717, 1.165) is 10.9 Å². The van der Waals surface area contributed by atoms with Crippen LogP contribution in [0.1, 0.15) is 12.5 Å². The van der Waals surface area contributed by atoms with E-state index in [9.17, 15) is 9.59 Å². The number of methoxy groups -OCH3 is 1. The summed E-state index contributed by atoms with van der Waals surface area (Å²) in [5.74, 6) is -0.316. The normalized spacial score (nSPS) is 21.1. The third-order valence-electron chi connectivity index (χ3n) is 3.91. The molecule has 0 aliphatic carbocycles. The lowest BCUT2D eigenvalue weighted by Crippen LogP contribution is -2.47. The summed E-state index contributed by atoms with van der Waals surface area (Å²) < 4.78 is 5.04. The number of fused-ring (bicyclic) bond motifs is 1. The molecule has 1 saturated heterocycles. The summed E-state index contributed by atoms with van der Waals surface area (Å²) >= 11 is 6.17. The van der Waals surface area contributed by atoms with Gasteiger partial charge in [0.25, 0.3) is 5.91 Å². The number of urea groups is 1. The van der Waals surface area contributed by atoms with Crippen molar-refractivity contribution in [1.29, 1.82) is 0 Å². The Bertz CT molecular complexity index is 795. The van der Waals surface area contributed by atoms with Crippen molar-refractivity contribution in [2.75, 3.05) is 13.7 Å². The van der Waals surface area contributed by atoms with Gasteiger partial charge in [-0.15, -0.1) is 0 Å². The highest BCUT2D eigenvalue weighted by Crippen LogP contribution is 2.27. The second-order valence-electron chi connectivity index (χ2n) is 5.69. The average molecular weight is 334 g/mol. The Morgan fingerprint density at radius 1 is 1.35 bits per heavy atom. The number of nitrogens with zero attached hydrogens (tertiary/aromatic N) is 2. The SMILES string of the molecule is COCC1(C)NC(=O)N(Cc2ccc(Cl)c3cccnc23)C1=O. The van der Waals surface area contributed by atoms with Crippen LogP contribution in [0.4, 0.5) is 4.79 Å². The molecule has 0 bridgehead atoms. The second-order valence-corrected chi connectivity index (χ2v) is 6.10. The third-order valence-corrected chi connectivity index (χ3v) is 4.24. The molecule has 7 heteroatoms.